The Morgan fingerprint density at radius 1 is 1.50 bits per heavy atom. The highest BCUT2D eigenvalue weighted by molar-refractivity contribution is 6.30. The lowest BCUT2D eigenvalue weighted by atomic mass is 10.2. The van der Waals surface area contributed by atoms with Crippen LogP contribution < -0.4 is 10.1 Å². The van der Waals surface area contributed by atoms with Gasteiger partial charge in [-0.25, -0.2) is 0 Å². The predicted molar refractivity (Wildman–Crippen MR) is 65.2 cm³/mol. The molecule has 0 aliphatic carbocycles. The molecule has 0 radical (unpaired) electrons. The number of halogens is 2. The predicted octanol–water partition coefficient (Wildman–Crippen LogP) is 2.59. The van der Waals surface area contributed by atoms with E-state index >= 15 is 0 Å². The van der Waals surface area contributed by atoms with E-state index < -0.39 is 0 Å². The summed E-state index contributed by atoms with van der Waals surface area (Å²) in [6.07, 6.45) is 0. The van der Waals surface area contributed by atoms with Gasteiger partial charge in [0.05, 0.1) is 6.61 Å². The average Bonchev–Trinajstić information content (AvgIpc) is 2.29. The van der Waals surface area contributed by atoms with Crippen molar-refractivity contribution in [3.05, 3.63) is 28.8 Å². The minimum absolute atomic E-state index is 0.0511. The first-order valence-corrected chi connectivity index (χ1v) is 5.82. The van der Waals surface area contributed by atoms with Crippen LogP contribution in [0.25, 0.3) is 0 Å². The Bertz CT molecular complexity index is 369. The van der Waals surface area contributed by atoms with Gasteiger partial charge < -0.3 is 10.1 Å². The van der Waals surface area contributed by atoms with Crippen LogP contribution in [0.2, 0.25) is 5.02 Å². The normalized spacial score (nSPS) is 9.94. The van der Waals surface area contributed by atoms with Crippen molar-refractivity contribution >= 4 is 29.1 Å². The maximum absolute atomic E-state index is 11.0. The second-order valence-electron chi connectivity index (χ2n) is 3.10. The number of hydrogen-bond donors (Lipinski definition) is 1. The second-order valence-corrected chi connectivity index (χ2v) is 3.80. The van der Waals surface area contributed by atoms with Gasteiger partial charge >= 0.3 is 0 Å². The fourth-order valence-electron chi connectivity index (χ4n) is 1.22. The van der Waals surface area contributed by atoms with Crippen LogP contribution >= 0.6 is 23.2 Å². The fourth-order valence-corrected chi connectivity index (χ4v) is 1.51. The van der Waals surface area contributed by atoms with Crippen molar-refractivity contribution in [2.75, 3.05) is 12.5 Å². The molecule has 3 nitrogen and oxygen atoms in total. The highest BCUT2D eigenvalue weighted by Gasteiger charge is 2.06. The molecule has 0 aliphatic rings. The molecule has 0 saturated carbocycles. The van der Waals surface area contributed by atoms with Gasteiger partial charge in [-0.3, -0.25) is 4.79 Å². The Labute approximate surface area is 105 Å². The van der Waals surface area contributed by atoms with Gasteiger partial charge in [0.15, 0.2) is 0 Å². The van der Waals surface area contributed by atoms with Gasteiger partial charge in [-0.2, -0.15) is 0 Å². The lowest BCUT2D eigenvalue weighted by molar-refractivity contribution is -0.118. The van der Waals surface area contributed by atoms with Gasteiger partial charge in [0.25, 0.3) is 0 Å². The Kier molecular flexibility index (Phi) is 5.43. The molecule has 0 unspecified atom stereocenters. The molecule has 0 aromatic heterocycles. The van der Waals surface area contributed by atoms with E-state index in [0.717, 1.165) is 11.3 Å². The van der Waals surface area contributed by atoms with Crippen LogP contribution in [0.5, 0.6) is 5.75 Å². The molecule has 1 aromatic rings. The second kappa shape index (κ2) is 6.61. The Hall–Kier alpha value is -0.930. The lowest BCUT2D eigenvalue weighted by Crippen LogP contribution is -2.24. The third-order valence-electron chi connectivity index (χ3n) is 1.92. The Morgan fingerprint density at radius 2 is 2.25 bits per heavy atom. The zero-order valence-corrected chi connectivity index (χ0v) is 10.4. The summed E-state index contributed by atoms with van der Waals surface area (Å²) in [5.41, 5.74) is 0.841. The van der Waals surface area contributed by atoms with Crippen molar-refractivity contribution in [3.63, 3.8) is 0 Å². The highest BCUT2D eigenvalue weighted by atomic mass is 35.5. The van der Waals surface area contributed by atoms with Gasteiger partial charge in [-0.15, -0.1) is 11.6 Å². The molecule has 0 spiro atoms. The number of amides is 1. The molecular weight excluding hydrogens is 249 g/mol. The number of rotatable bonds is 5. The van der Waals surface area contributed by atoms with Crippen LogP contribution in [0.4, 0.5) is 0 Å². The first kappa shape index (κ1) is 13.1. The SMILES string of the molecule is CCOc1ccc(Cl)cc1CNC(=O)CCl. The van der Waals surface area contributed by atoms with Crippen LogP contribution in [-0.2, 0) is 11.3 Å². The molecule has 0 bridgehead atoms. The van der Waals surface area contributed by atoms with E-state index in [1.165, 1.54) is 0 Å². The van der Waals surface area contributed by atoms with E-state index in [2.05, 4.69) is 5.32 Å². The monoisotopic (exact) mass is 261 g/mol. The van der Waals surface area contributed by atoms with Gasteiger partial charge in [-0.1, -0.05) is 11.6 Å². The molecule has 1 aromatic carbocycles. The van der Waals surface area contributed by atoms with Gasteiger partial charge in [0.1, 0.15) is 11.6 Å². The molecule has 16 heavy (non-hydrogen) atoms. The summed E-state index contributed by atoms with van der Waals surface area (Å²) in [6.45, 7) is 2.83. The van der Waals surface area contributed by atoms with Crippen LogP contribution in [0.1, 0.15) is 12.5 Å². The Balaban J connectivity index is 2.75. The van der Waals surface area contributed by atoms with Crippen LogP contribution in [0, 0.1) is 0 Å². The van der Waals surface area contributed by atoms with E-state index in [-0.39, 0.29) is 11.8 Å². The molecule has 88 valence electrons. The fraction of sp³-hybridized carbons (Fsp3) is 0.364. The van der Waals surface area contributed by atoms with Crippen LogP contribution in [0.15, 0.2) is 18.2 Å². The summed E-state index contributed by atoms with van der Waals surface area (Å²) < 4.78 is 5.41. The number of nitrogens with one attached hydrogen (secondary N) is 1. The quantitative estimate of drug-likeness (QED) is 0.828. The van der Waals surface area contributed by atoms with E-state index in [9.17, 15) is 4.79 Å². The highest BCUT2D eigenvalue weighted by Crippen LogP contribution is 2.22. The molecule has 5 heteroatoms. The van der Waals surface area contributed by atoms with E-state index in [0.29, 0.717) is 18.2 Å². The number of alkyl halides is 1. The summed E-state index contributed by atoms with van der Waals surface area (Å²) >= 11 is 11.3. The number of hydrogen-bond acceptors (Lipinski definition) is 2. The third kappa shape index (κ3) is 3.91. The summed E-state index contributed by atoms with van der Waals surface area (Å²) in [5.74, 6) is 0.454. The van der Waals surface area contributed by atoms with Crippen molar-refractivity contribution < 1.29 is 9.53 Å². The molecule has 0 saturated heterocycles. The summed E-state index contributed by atoms with van der Waals surface area (Å²) in [7, 11) is 0. The molecule has 0 fully saturated rings. The van der Waals surface area contributed by atoms with E-state index in [4.69, 9.17) is 27.9 Å². The molecule has 1 amide bonds. The molecule has 1 rings (SSSR count). The largest absolute Gasteiger partial charge is 0.494 e. The standard InChI is InChI=1S/C11H13Cl2NO2/c1-2-16-10-4-3-9(13)5-8(10)7-14-11(15)6-12/h3-5H,2,6-7H2,1H3,(H,14,15). The minimum Gasteiger partial charge on any atom is -0.494 e. The van der Waals surface area contributed by atoms with Crippen LogP contribution in [-0.4, -0.2) is 18.4 Å². The number of carbonyl (C=O) groups excluding carboxylic acids is 1. The van der Waals surface area contributed by atoms with Gasteiger partial charge in [0.2, 0.25) is 5.91 Å². The number of benzene rings is 1. The van der Waals surface area contributed by atoms with Crippen molar-refractivity contribution in [2.24, 2.45) is 0 Å². The molecule has 0 heterocycles. The third-order valence-corrected chi connectivity index (χ3v) is 2.40. The molecule has 1 N–H and O–H groups in total. The zero-order chi connectivity index (χ0) is 12.0. The zero-order valence-electron chi connectivity index (χ0n) is 8.93. The van der Waals surface area contributed by atoms with E-state index in [1.54, 1.807) is 18.2 Å². The minimum atomic E-state index is -0.218. The van der Waals surface area contributed by atoms with Gasteiger partial charge in [-0.05, 0) is 25.1 Å². The Morgan fingerprint density at radius 3 is 2.88 bits per heavy atom. The molecule has 0 aliphatic heterocycles. The maximum atomic E-state index is 11.0. The molecular formula is C11H13Cl2NO2. The number of carbonyl (C=O) groups is 1. The summed E-state index contributed by atoms with van der Waals surface area (Å²) in [5, 5.41) is 3.27. The van der Waals surface area contributed by atoms with Gasteiger partial charge in [0, 0.05) is 17.1 Å². The van der Waals surface area contributed by atoms with Crippen molar-refractivity contribution in [2.45, 2.75) is 13.5 Å². The van der Waals surface area contributed by atoms with Crippen LogP contribution in [0.3, 0.4) is 0 Å². The van der Waals surface area contributed by atoms with E-state index in [1.807, 2.05) is 6.92 Å². The maximum Gasteiger partial charge on any atom is 0.235 e. The lowest BCUT2D eigenvalue weighted by Gasteiger charge is -2.11. The van der Waals surface area contributed by atoms with Crippen molar-refractivity contribution in [1.29, 1.82) is 0 Å². The average molecular weight is 262 g/mol. The van der Waals surface area contributed by atoms with Crippen molar-refractivity contribution in [1.82, 2.24) is 5.32 Å². The molecule has 0 atom stereocenters. The first-order valence-electron chi connectivity index (χ1n) is 4.91. The first-order chi connectivity index (χ1) is 7.67. The topological polar surface area (TPSA) is 38.3 Å². The summed E-state index contributed by atoms with van der Waals surface area (Å²) in [4.78, 5) is 11.0. The van der Waals surface area contributed by atoms with Crippen molar-refractivity contribution in [3.8, 4) is 5.75 Å². The smallest absolute Gasteiger partial charge is 0.235 e. The number of ether oxygens (including phenoxy) is 1. The summed E-state index contributed by atoms with van der Waals surface area (Å²) in [6, 6.07) is 5.30.